The molecule has 124 valence electrons. The number of carbonyl (C=O) groups is 2. The van der Waals surface area contributed by atoms with Gasteiger partial charge in [0.25, 0.3) is 5.24 Å². The van der Waals surface area contributed by atoms with Crippen LogP contribution in [0.4, 0.5) is 4.79 Å². The Morgan fingerprint density at radius 3 is 2.74 bits per heavy atom. The van der Waals surface area contributed by atoms with Crippen molar-refractivity contribution in [3.63, 3.8) is 0 Å². The summed E-state index contributed by atoms with van der Waals surface area (Å²) in [6, 6.07) is 3.59. The first-order chi connectivity index (χ1) is 11.1. The van der Waals surface area contributed by atoms with Crippen LogP contribution >= 0.6 is 11.8 Å². The van der Waals surface area contributed by atoms with Gasteiger partial charge < -0.3 is 14.2 Å². The zero-order valence-corrected chi connectivity index (χ0v) is 14.0. The maximum Gasteiger partial charge on any atom is 0.289 e. The highest BCUT2D eigenvalue weighted by Crippen LogP contribution is 2.40. The first kappa shape index (κ1) is 16.0. The molecule has 1 saturated heterocycles. The van der Waals surface area contributed by atoms with Crippen molar-refractivity contribution in [1.29, 1.82) is 0 Å². The standard InChI is InChI=1S/C16H19NO5S/c1-3-4-5-17-15(18)14(23-16(17)19)7-10-6-12-13(22-9-21-12)8-11(10)20-2/h6,8,14H,3-5,7,9H2,1-2H3/t14-/m0/s1. The highest BCUT2D eigenvalue weighted by Gasteiger charge is 2.39. The molecular weight excluding hydrogens is 318 g/mol. The Hall–Kier alpha value is -1.89. The van der Waals surface area contributed by atoms with Gasteiger partial charge in [-0.05, 0) is 24.5 Å². The molecule has 2 heterocycles. The topological polar surface area (TPSA) is 65.1 Å². The lowest BCUT2D eigenvalue weighted by molar-refractivity contribution is -0.126. The van der Waals surface area contributed by atoms with Crippen molar-refractivity contribution in [2.24, 2.45) is 0 Å². The molecule has 0 unspecified atom stereocenters. The molecule has 0 saturated carbocycles. The van der Waals surface area contributed by atoms with Crippen molar-refractivity contribution in [1.82, 2.24) is 4.90 Å². The fourth-order valence-corrected chi connectivity index (χ4v) is 3.70. The number of imide groups is 1. The number of benzene rings is 1. The Kier molecular flexibility index (Phi) is 4.66. The summed E-state index contributed by atoms with van der Waals surface area (Å²) in [5, 5.41) is -0.568. The summed E-state index contributed by atoms with van der Waals surface area (Å²) in [5.41, 5.74) is 0.841. The van der Waals surface area contributed by atoms with Crippen LogP contribution in [0.15, 0.2) is 12.1 Å². The van der Waals surface area contributed by atoms with Crippen LogP contribution in [-0.2, 0) is 11.2 Å². The fourth-order valence-electron chi connectivity index (χ4n) is 2.66. The van der Waals surface area contributed by atoms with Crippen LogP contribution in [-0.4, -0.2) is 41.7 Å². The number of fused-ring (bicyclic) bond motifs is 1. The third-order valence-corrected chi connectivity index (χ3v) is 5.00. The minimum absolute atomic E-state index is 0.117. The van der Waals surface area contributed by atoms with Crippen LogP contribution in [0.25, 0.3) is 0 Å². The molecule has 0 bridgehead atoms. The molecule has 1 aromatic carbocycles. The minimum Gasteiger partial charge on any atom is -0.496 e. The first-order valence-corrected chi connectivity index (χ1v) is 8.50. The quantitative estimate of drug-likeness (QED) is 0.795. The second-order valence-corrected chi connectivity index (χ2v) is 6.59. The molecule has 1 atom stereocenters. The van der Waals surface area contributed by atoms with E-state index in [9.17, 15) is 9.59 Å². The van der Waals surface area contributed by atoms with E-state index in [-0.39, 0.29) is 17.9 Å². The van der Waals surface area contributed by atoms with Crippen molar-refractivity contribution < 1.29 is 23.8 Å². The molecule has 3 rings (SSSR count). The predicted molar refractivity (Wildman–Crippen MR) is 86.2 cm³/mol. The molecule has 2 aliphatic heterocycles. The summed E-state index contributed by atoms with van der Waals surface area (Å²) in [5.74, 6) is 1.80. The van der Waals surface area contributed by atoms with Gasteiger partial charge in [-0.3, -0.25) is 14.5 Å². The maximum absolute atomic E-state index is 12.4. The lowest BCUT2D eigenvalue weighted by Gasteiger charge is -2.14. The molecule has 23 heavy (non-hydrogen) atoms. The predicted octanol–water partition coefficient (Wildman–Crippen LogP) is 2.83. The van der Waals surface area contributed by atoms with Gasteiger partial charge in [0.2, 0.25) is 12.7 Å². The molecule has 1 fully saturated rings. The lowest BCUT2D eigenvalue weighted by atomic mass is 10.1. The third kappa shape index (κ3) is 3.10. The Labute approximate surface area is 139 Å². The number of thioether (sulfide) groups is 1. The molecule has 0 radical (unpaired) electrons. The van der Waals surface area contributed by atoms with Crippen LogP contribution in [0.5, 0.6) is 17.2 Å². The summed E-state index contributed by atoms with van der Waals surface area (Å²) in [4.78, 5) is 25.8. The van der Waals surface area contributed by atoms with Crippen molar-refractivity contribution >= 4 is 22.9 Å². The third-order valence-electron chi connectivity index (χ3n) is 3.92. The van der Waals surface area contributed by atoms with Gasteiger partial charge in [-0.1, -0.05) is 25.1 Å². The van der Waals surface area contributed by atoms with Crippen molar-refractivity contribution in [2.45, 2.75) is 31.4 Å². The van der Waals surface area contributed by atoms with E-state index >= 15 is 0 Å². The highest BCUT2D eigenvalue weighted by molar-refractivity contribution is 8.15. The summed E-state index contributed by atoms with van der Waals surface area (Å²) < 4.78 is 16.1. The largest absolute Gasteiger partial charge is 0.496 e. The van der Waals surface area contributed by atoms with Crippen molar-refractivity contribution in [2.75, 3.05) is 20.4 Å². The van der Waals surface area contributed by atoms with Gasteiger partial charge in [-0.15, -0.1) is 0 Å². The van der Waals surface area contributed by atoms with E-state index in [1.165, 1.54) is 4.90 Å². The normalized spacial score (nSPS) is 19.6. The number of amides is 2. The molecule has 0 N–H and O–H groups in total. The van der Waals surface area contributed by atoms with Crippen LogP contribution in [0.3, 0.4) is 0 Å². The van der Waals surface area contributed by atoms with Crippen LogP contribution in [0.1, 0.15) is 25.3 Å². The summed E-state index contributed by atoms with van der Waals surface area (Å²) >= 11 is 1.09. The van der Waals surface area contributed by atoms with E-state index in [1.807, 2.05) is 13.0 Å². The van der Waals surface area contributed by atoms with E-state index in [0.717, 1.165) is 30.2 Å². The van der Waals surface area contributed by atoms with Crippen molar-refractivity contribution in [3.05, 3.63) is 17.7 Å². The fraction of sp³-hybridized carbons (Fsp3) is 0.500. The number of unbranched alkanes of at least 4 members (excludes halogenated alkanes) is 1. The van der Waals surface area contributed by atoms with Gasteiger partial charge in [-0.25, -0.2) is 0 Å². The average molecular weight is 337 g/mol. The van der Waals surface area contributed by atoms with Crippen molar-refractivity contribution in [3.8, 4) is 17.2 Å². The van der Waals surface area contributed by atoms with Gasteiger partial charge in [0.1, 0.15) is 5.75 Å². The lowest BCUT2D eigenvalue weighted by Crippen LogP contribution is -2.33. The van der Waals surface area contributed by atoms with Gasteiger partial charge in [0, 0.05) is 12.6 Å². The second kappa shape index (κ2) is 6.70. The molecule has 7 heteroatoms. The van der Waals surface area contributed by atoms with Crippen LogP contribution in [0.2, 0.25) is 0 Å². The Balaban J connectivity index is 1.77. The molecular formula is C16H19NO5S. The van der Waals surface area contributed by atoms with E-state index in [2.05, 4.69) is 0 Å². The number of carbonyl (C=O) groups excluding carboxylic acids is 2. The SMILES string of the molecule is CCCCN1C(=O)S[C@@H](Cc2cc3c(cc2OC)OCO3)C1=O. The van der Waals surface area contributed by atoms with Crippen LogP contribution < -0.4 is 14.2 Å². The minimum atomic E-state index is -0.409. The first-order valence-electron chi connectivity index (χ1n) is 7.62. The summed E-state index contributed by atoms with van der Waals surface area (Å²) in [6.45, 7) is 2.71. The zero-order valence-electron chi connectivity index (χ0n) is 13.2. The molecule has 2 aliphatic rings. The highest BCUT2D eigenvalue weighted by atomic mass is 32.2. The monoisotopic (exact) mass is 337 g/mol. The smallest absolute Gasteiger partial charge is 0.289 e. The number of ether oxygens (including phenoxy) is 3. The summed E-state index contributed by atoms with van der Waals surface area (Å²) in [7, 11) is 1.57. The van der Waals surface area contributed by atoms with E-state index < -0.39 is 5.25 Å². The second-order valence-electron chi connectivity index (χ2n) is 5.44. The number of hydrogen-bond acceptors (Lipinski definition) is 6. The number of rotatable bonds is 6. The summed E-state index contributed by atoms with van der Waals surface area (Å²) in [6.07, 6.45) is 2.21. The van der Waals surface area contributed by atoms with E-state index in [1.54, 1.807) is 13.2 Å². The molecule has 1 aromatic rings. The van der Waals surface area contributed by atoms with Gasteiger partial charge >= 0.3 is 0 Å². The van der Waals surface area contributed by atoms with Crippen LogP contribution in [0, 0.1) is 0 Å². The molecule has 0 aromatic heterocycles. The Bertz CT molecular complexity index is 633. The van der Waals surface area contributed by atoms with E-state index in [4.69, 9.17) is 14.2 Å². The van der Waals surface area contributed by atoms with Gasteiger partial charge in [0.05, 0.1) is 12.4 Å². The molecule has 6 nitrogen and oxygen atoms in total. The molecule has 0 spiro atoms. The van der Waals surface area contributed by atoms with Gasteiger partial charge in [-0.2, -0.15) is 0 Å². The van der Waals surface area contributed by atoms with Gasteiger partial charge in [0.15, 0.2) is 11.5 Å². The maximum atomic E-state index is 12.4. The number of hydrogen-bond donors (Lipinski definition) is 0. The zero-order chi connectivity index (χ0) is 16.4. The number of nitrogens with zero attached hydrogens (tertiary/aromatic N) is 1. The average Bonchev–Trinajstić information content (AvgIpc) is 3.10. The molecule has 2 amide bonds. The Morgan fingerprint density at radius 2 is 2.04 bits per heavy atom. The van der Waals surface area contributed by atoms with E-state index in [0.29, 0.717) is 30.2 Å². The Morgan fingerprint density at radius 1 is 1.30 bits per heavy atom. The number of methoxy groups -OCH3 is 1. The molecule has 0 aliphatic carbocycles.